The van der Waals surface area contributed by atoms with Gasteiger partial charge in [0, 0.05) is 26.4 Å². The van der Waals surface area contributed by atoms with Gasteiger partial charge in [-0.05, 0) is 55.3 Å². The number of aliphatic hydroxyl groups excluding tert-OH is 1. The molecule has 1 aromatic carbocycles. The van der Waals surface area contributed by atoms with Crippen molar-refractivity contribution < 1.29 is 24.1 Å². The van der Waals surface area contributed by atoms with E-state index in [0.29, 0.717) is 24.0 Å². The lowest BCUT2D eigenvalue weighted by Gasteiger charge is -2.24. The van der Waals surface area contributed by atoms with Crippen molar-refractivity contribution in [3.63, 3.8) is 0 Å². The van der Waals surface area contributed by atoms with Crippen molar-refractivity contribution in [3.05, 3.63) is 68.9 Å². The zero-order valence-corrected chi connectivity index (χ0v) is 21.8. The van der Waals surface area contributed by atoms with Crippen LogP contribution in [0.3, 0.4) is 0 Å². The summed E-state index contributed by atoms with van der Waals surface area (Å²) in [5.41, 5.74) is 1.56. The molecule has 0 fully saturated rings. The summed E-state index contributed by atoms with van der Waals surface area (Å²) in [5, 5.41) is 24.4. The third kappa shape index (κ3) is 6.51. The third-order valence-electron chi connectivity index (χ3n) is 6.48. The van der Waals surface area contributed by atoms with E-state index in [1.165, 1.54) is 23.8 Å². The molecular formula is C27H35FN4O5. The Kier molecular flexibility index (Phi) is 9.73. The molecule has 2 aromatic heterocycles. The number of nitrogens with one attached hydrogen (secondary N) is 1. The van der Waals surface area contributed by atoms with Crippen LogP contribution in [-0.2, 0) is 17.7 Å². The van der Waals surface area contributed by atoms with Gasteiger partial charge in [-0.2, -0.15) is 0 Å². The molecule has 9 nitrogen and oxygen atoms in total. The molecule has 10 heteroatoms. The molecule has 0 saturated heterocycles. The molecule has 1 atom stereocenters. The quantitative estimate of drug-likeness (QED) is 0.317. The van der Waals surface area contributed by atoms with Crippen LogP contribution in [0.15, 0.2) is 35.3 Å². The number of likely N-dealkylation sites (N-methyl/N-ethyl adjacent to an activating group) is 1. The fourth-order valence-electron chi connectivity index (χ4n) is 4.37. The summed E-state index contributed by atoms with van der Waals surface area (Å²) in [6.07, 6.45) is 1.09. The first-order valence-corrected chi connectivity index (χ1v) is 12.4. The predicted octanol–water partition coefficient (Wildman–Crippen LogP) is 2.22. The minimum absolute atomic E-state index is 0.0897. The first-order chi connectivity index (χ1) is 17.7. The second kappa shape index (κ2) is 12.8. The summed E-state index contributed by atoms with van der Waals surface area (Å²) in [6, 6.07) is 6.09. The zero-order chi connectivity index (χ0) is 27.1. The lowest BCUT2D eigenvalue weighted by Crippen LogP contribution is -2.39. The maximum atomic E-state index is 13.6. The lowest BCUT2D eigenvalue weighted by atomic mass is 10.00. The SMILES string of the molecule is CCN(CC)CC(O)Cn1c(=O)c(C(=O)NCCOC)c(O)c2ncc(Cc3ccc(F)cc3)c(C)c21. The molecule has 2 heterocycles. The molecule has 0 saturated carbocycles. The number of hydrogen-bond donors (Lipinski definition) is 3. The summed E-state index contributed by atoms with van der Waals surface area (Å²) in [7, 11) is 1.49. The van der Waals surface area contributed by atoms with Crippen LogP contribution in [-0.4, -0.2) is 76.6 Å². The molecule has 3 N–H and O–H groups in total. The van der Waals surface area contributed by atoms with E-state index in [1.54, 1.807) is 25.3 Å². The Balaban J connectivity index is 2.15. The minimum atomic E-state index is -0.907. The van der Waals surface area contributed by atoms with E-state index in [0.717, 1.165) is 24.2 Å². The highest BCUT2D eigenvalue weighted by Crippen LogP contribution is 2.29. The van der Waals surface area contributed by atoms with Gasteiger partial charge in [0.05, 0.1) is 24.8 Å². The second-order valence-corrected chi connectivity index (χ2v) is 8.94. The molecule has 0 bridgehead atoms. The number of carbonyl (C=O) groups is 1. The number of halogens is 1. The van der Waals surface area contributed by atoms with Gasteiger partial charge in [-0.3, -0.25) is 14.6 Å². The Labute approximate surface area is 215 Å². The number of aliphatic hydroxyl groups is 1. The van der Waals surface area contributed by atoms with Gasteiger partial charge < -0.3 is 29.7 Å². The number of amides is 1. The number of rotatable bonds is 12. The number of aromatic hydroxyl groups is 1. The van der Waals surface area contributed by atoms with Gasteiger partial charge in [-0.1, -0.05) is 26.0 Å². The molecule has 200 valence electrons. The van der Waals surface area contributed by atoms with Gasteiger partial charge in [0.25, 0.3) is 11.5 Å². The van der Waals surface area contributed by atoms with Crippen molar-refractivity contribution in [3.8, 4) is 5.75 Å². The van der Waals surface area contributed by atoms with E-state index in [9.17, 15) is 24.2 Å². The molecule has 3 rings (SSSR count). The number of carbonyl (C=O) groups excluding carboxylic acids is 1. The molecule has 0 radical (unpaired) electrons. The number of nitrogens with zero attached hydrogens (tertiary/aromatic N) is 3. The lowest BCUT2D eigenvalue weighted by molar-refractivity contribution is 0.0926. The summed E-state index contributed by atoms with van der Waals surface area (Å²) < 4.78 is 19.6. The molecular weight excluding hydrogens is 479 g/mol. The molecule has 37 heavy (non-hydrogen) atoms. The van der Waals surface area contributed by atoms with Crippen molar-refractivity contribution in [1.29, 1.82) is 0 Å². The Hall–Kier alpha value is -3.34. The predicted molar refractivity (Wildman–Crippen MR) is 140 cm³/mol. The maximum Gasteiger partial charge on any atom is 0.267 e. The highest BCUT2D eigenvalue weighted by molar-refractivity contribution is 6.01. The fraction of sp³-hybridized carbons (Fsp3) is 0.444. The average Bonchev–Trinajstić information content (AvgIpc) is 2.88. The number of aromatic nitrogens is 2. The van der Waals surface area contributed by atoms with Crippen molar-refractivity contribution in [1.82, 2.24) is 19.8 Å². The Morgan fingerprint density at radius 3 is 2.54 bits per heavy atom. The van der Waals surface area contributed by atoms with Crippen LogP contribution in [0.4, 0.5) is 4.39 Å². The van der Waals surface area contributed by atoms with Gasteiger partial charge >= 0.3 is 0 Å². The Morgan fingerprint density at radius 1 is 1.24 bits per heavy atom. The summed E-state index contributed by atoms with van der Waals surface area (Å²) >= 11 is 0. The van der Waals surface area contributed by atoms with Crippen molar-refractivity contribution in [2.75, 3.05) is 39.9 Å². The number of benzene rings is 1. The smallest absolute Gasteiger partial charge is 0.267 e. The Bertz CT molecular complexity index is 1290. The fourth-order valence-corrected chi connectivity index (χ4v) is 4.37. The van der Waals surface area contributed by atoms with Crippen LogP contribution >= 0.6 is 0 Å². The molecule has 1 unspecified atom stereocenters. The third-order valence-corrected chi connectivity index (χ3v) is 6.48. The Morgan fingerprint density at radius 2 is 1.92 bits per heavy atom. The van der Waals surface area contributed by atoms with Crippen LogP contribution in [0.1, 0.15) is 40.9 Å². The number of methoxy groups -OCH3 is 1. The molecule has 1 amide bonds. The zero-order valence-electron chi connectivity index (χ0n) is 21.8. The first kappa shape index (κ1) is 28.2. The average molecular weight is 515 g/mol. The van der Waals surface area contributed by atoms with Crippen LogP contribution in [0.5, 0.6) is 5.75 Å². The van der Waals surface area contributed by atoms with Gasteiger partial charge in [0.2, 0.25) is 0 Å². The molecule has 0 spiro atoms. The van der Waals surface area contributed by atoms with Crippen LogP contribution in [0.2, 0.25) is 0 Å². The van der Waals surface area contributed by atoms with E-state index in [4.69, 9.17) is 4.74 Å². The van der Waals surface area contributed by atoms with Crippen molar-refractivity contribution >= 4 is 16.9 Å². The summed E-state index contributed by atoms with van der Waals surface area (Å²) in [4.78, 5) is 32.9. The van der Waals surface area contributed by atoms with E-state index in [2.05, 4.69) is 10.3 Å². The normalized spacial score (nSPS) is 12.3. The van der Waals surface area contributed by atoms with Crippen LogP contribution < -0.4 is 10.9 Å². The number of pyridine rings is 2. The van der Waals surface area contributed by atoms with Gasteiger partial charge in [0.15, 0.2) is 5.75 Å². The van der Waals surface area contributed by atoms with Gasteiger partial charge in [-0.25, -0.2) is 4.39 Å². The van der Waals surface area contributed by atoms with Crippen LogP contribution in [0, 0.1) is 12.7 Å². The van der Waals surface area contributed by atoms with E-state index < -0.39 is 28.9 Å². The molecule has 3 aromatic rings. The van der Waals surface area contributed by atoms with Crippen LogP contribution in [0.25, 0.3) is 11.0 Å². The molecule has 0 aliphatic rings. The standard InChI is InChI=1S/C27H35FN4O5/c1-5-31(6-2)15-21(33)16-32-24-17(3)19(13-18-7-9-20(28)10-8-18)14-30-23(24)25(34)22(27(32)36)26(35)29-11-12-37-4/h7-10,14,21,33-34H,5-6,11-13,15-16H2,1-4H3,(H,29,35). The number of ether oxygens (including phenoxy) is 1. The number of fused-ring (bicyclic) bond motifs is 1. The number of aryl methyl sites for hydroxylation is 1. The summed E-state index contributed by atoms with van der Waals surface area (Å²) in [6.45, 7) is 7.86. The van der Waals surface area contributed by atoms with E-state index >= 15 is 0 Å². The van der Waals surface area contributed by atoms with E-state index in [1.807, 2.05) is 18.7 Å². The summed E-state index contributed by atoms with van der Waals surface area (Å²) in [5.74, 6) is -1.60. The first-order valence-electron chi connectivity index (χ1n) is 12.4. The minimum Gasteiger partial charge on any atom is -0.505 e. The molecule has 0 aliphatic carbocycles. The van der Waals surface area contributed by atoms with Crippen molar-refractivity contribution in [2.45, 2.75) is 39.8 Å². The second-order valence-electron chi connectivity index (χ2n) is 8.94. The van der Waals surface area contributed by atoms with Gasteiger partial charge in [0.1, 0.15) is 16.9 Å². The highest BCUT2D eigenvalue weighted by Gasteiger charge is 2.26. The van der Waals surface area contributed by atoms with E-state index in [-0.39, 0.29) is 31.0 Å². The van der Waals surface area contributed by atoms with Crippen molar-refractivity contribution in [2.24, 2.45) is 0 Å². The van der Waals surface area contributed by atoms with Gasteiger partial charge in [-0.15, -0.1) is 0 Å². The maximum absolute atomic E-state index is 13.6. The topological polar surface area (TPSA) is 117 Å². The molecule has 0 aliphatic heterocycles. The number of hydrogen-bond acceptors (Lipinski definition) is 7. The monoisotopic (exact) mass is 514 g/mol. The highest BCUT2D eigenvalue weighted by atomic mass is 19.1. The largest absolute Gasteiger partial charge is 0.505 e.